The van der Waals surface area contributed by atoms with Crippen LogP contribution in [0.5, 0.6) is 5.75 Å². The number of hydrogen-bond donors (Lipinski definition) is 2. The van der Waals surface area contributed by atoms with E-state index >= 15 is 0 Å². The van der Waals surface area contributed by atoms with E-state index in [2.05, 4.69) is 21.3 Å². The van der Waals surface area contributed by atoms with E-state index in [1.165, 1.54) is 0 Å². The minimum atomic E-state index is -0.152. The molecule has 29 heavy (non-hydrogen) atoms. The molecule has 1 amide bonds. The van der Waals surface area contributed by atoms with Crippen LogP contribution in [0.25, 0.3) is 16.5 Å². The first-order chi connectivity index (χ1) is 14.1. The molecule has 0 saturated heterocycles. The van der Waals surface area contributed by atoms with Gasteiger partial charge in [0.15, 0.2) is 0 Å². The number of amides is 1. The fourth-order valence-electron chi connectivity index (χ4n) is 3.79. The third kappa shape index (κ3) is 3.01. The van der Waals surface area contributed by atoms with Gasteiger partial charge in [-0.15, -0.1) is 0 Å². The van der Waals surface area contributed by atoms with E-state index in [-0.39, 0.29) is 12.0 Å². The van der Waals surface area contributed by atoms with Crippen LogP contribution >= 0.6 is 0 Å². The van der Waals surface area contributed by atoms with Crippen molar-refractivity contribution in [1.29, 1.82) is 0 Å². The number of allylic oxidation sites excluding steroid dienone is 3. The Morgan fingerprint density at radius 2 is 2.03 bits per heavy atom. The molecule has 1 aliphatic heterocycles. The molecule has 5 nitrogen and oxygen atoms in total. The lowest BCUT2D eigenvalue weighted by atomic mass is 10.0. The molecule has 2 heterocycles. The monoisotopic (exact) mass is 383 g/mol. The van der Waals surface area contributed by atoms with E-state index in [1.807, 2.05) is 74.8 Å². The second-order valence-corrected chi connectivity index (χ2v) is 7.42. The number of para-hydroxylation sites is 1. The number of aromatic nitrogens is 1. The Morgan fingerprint density at radius 1 is 1.17 bits per heavy atom. The second kappa shape index (κ2) is 6.71. The van der Waals surface area contributed by atoms with Gasteiger partial charge < -0.3 is 19.9 Å². The number of hydrogen-bond acceptors (Lipinski definition) is 3. The van der Waals surface area contributed by atoms with Gasteiger partial charge in [0.25, 0.3) is 5.91 Å². The van der Waals surface area contributed by atoms with E-state index < -0.39 is 0 Å². The first-order valence-electron chi connectivity index (χ1n) is 9.56. The highest BCUT2D eigenvalue weighted by Gasteiger charge is 2.28. The van der Waals surface area contributed by atoms with E-state index in [0.29, 0.717) is 5.56 Å². The Hall–Kier alpha value is -3.73. The third-order valence-corrected chi connectivity index (χ3v) is 5.32. The quantitative estimate of drug-likeness (QED) is 0.710. The lowest BCUT2D eigenvalue weighted by molar-refractivity contribution is 0.0969. The molecule has 1 aliphatic carbocycles. The summed E-state index contributed by atoms with van der Waals surface area (Å²) in [6.45, 7) is 0. The molecular weight excluding hydrogens is 362 g/mol. The number of carbonyl (C=O) groups excluding carboxylic acids is 1. The van der Waals surface area contributed by atoms with Gasteiger partial charge in [-0.05, 0) is 42.5 Å². The molecule has 1 unspecified atom stereocenters. The normalized spacial score (nSPS) is 17.0. The van der Waals surface area contributed by atoms with Crippen molar-refractivity contribution in [1.82, 2.24) is 10.3 Å². The first-order valence-corrected chi connectivity index (χ1v) is 9.56. The average molecular weight is 383 g/mol. The number of anilines is 1. The Morgan fingerprint density at radius 3 is 2.90 bits per heavy atom. The van der Waals surface area contributed by atoms with Crippen LogP contribution in [0.2, 0.25) is 0 Å². The zero-order valence-corrected chi connectivity index (χ0v) is 16.3. The number of aromatic amines is 1. The molecule has 0 radical (unpaired) electrons. The maximum atomic E-state index is 12.9. The van der Waals surface area contributed by atoms with Crippen molar-refractivity contribution < 1.29 is 9.53 Å². The zero-order chi connectivity index (χ0) is 20.0. The van der Waals surface area contributed by atoms with Crippen molar-refractivity contribution in [3.8, 4) is 5.75 Å². The summed E-state index contributed by atoms with van der Waals surface area (Å²) < 4.78 is 6.08. The maximum Gasteiger partial charge on any atom is 0.257 e. The van der Waals surface area contributed by atoms with Crippen LogP contribution in [0, 0.1) is 0 Å². The van der Waals surface area contributed by atoms with Crippen LogP contribution in [0.15, 0.2) is 78.7 Å². The summed E-state index contributed by atoms with van der Waals surface area (Å²) in [5.74, 6) is 0.722. The third-order valence-electron chi connectivity index (χ3n) is 5.32. The van der Waals surface area contributed by atoms with E-state index in [1.54, 1.807) is 6.20 Å². The van der Waals surface area contributed by atoms with Crippen molar-refractivity contribution in [3.63, 3.8) is 0 Å². The maximum absolute atomic E-state index is 12.9. The summed E-state index contributed by atoms with van der Waals surface area (Å²) in [6, 6.07) is 14.0. The molecule has 0 spiro atoms. The SMILES string of the molecule is CN(C)c1ccc2c(c1)C1=CC(NC(=O)c3c[nH]c4ccccc34)=CC=CC1O2. The van der Waals surface area contributed by atoms with Crippen LogP contribution in [0.3, 0.4) is 0 Å². The van der Waals surface area contributed by atoms with Crippen molar-refractivity contribution >= 4 is 28.1 Å². The summed E-state index contributed by atoms with van der Waals surface area (Å²) in [7, 11) is 4.03. The molecular formula is C24H21N3O2. The Labute approximate surface area is 169 Å². The Bertz CT molecular complexity index is 1210. The number of ether oxygens (including phenoxy) is 1. The summed E-state index contributed by atoms with van der Waals surface area (Å²) in [6.07, 6.45) is 9.44. The molecule has 2 N–H and O–H groups in total. The number of nitrogens with zero attached hydrogens (tertiary/aromatic N) is 1. The predicted octanol–water partition coefficient (Wildman–Crippen LogP) is 4.26. The Balaban J connectivity index is 1.47. The molecule has 1 atom stereocenters. The molecule has 3 aromatic rings. The van der Waals surface area contributed by atoms with Gasteiger partial charge >= 0.3 is 0 Å². The number of nitrogens with one attached hydrogen (secondary N) is 2. The molecule has 5 rings (SSSR count). The van der Waals surface area contributed by atoms with Gasteiger partial charge in [-0.25, -0.2) is 0 Å². The predicted molar refractivity (Wildman–Crippen MR) is 116 cm³/mol. The van der Waals surface area contributed by atoms with Gasteiger partial charge in [0.1, 0.15) is 11.9 Å². The molecule has 0 fully saturated rings. The highest BCUT2D eigenvalue weighted by atomic mass is 16.5. The van der Waals surface area contributed by atoms with Crippen molar-refractivity contribution in [2.75, 3.05) is 19.0 Å². The first kappa shape index (κ1) is 17.4. The summed E-state index contributed by atoms with van der Waals surface area (Å²) in [4.78, 5) is 18.1. The molecule has 2 aliphatic rings. The Kier molecular flexibility index (Phi) is 4.02. The fourth-order valence-corrected chi connectivity index (χ4v) is 3.79. The molecule has 1 aromatic heterocycles. The fraction of sp³-hybridized carbons (Fsp3) is 0.125. The molecule has 2 aromatic carbocycles. The van der Waals surface area contributed by atoms with Gasteiger partial charge in [0.05, 0.1) is 5.56 Å². The van der Waals surface area contributed by atoms with Crippen LogP contribution < -0.4 is 15.0 Å². The summed E-state index contributed by atoms with van der Waals surface area (Å²) in [5, 5.41) is 3.95. The molecule has 5 heteroatoms. The van der Waals surface area contributed by atoms with Crippen molar-refractivity contribution in [2.24, 2.45) is 0 Å². The van der Waals surface area contributed by atoms with E-state index in [0.717, 1.165) is 39.2 Å². The van der Waals surface area contributed by atoms with Crippen LogP contribution in [-0.2, 0) is 0 Å². The zero-order valence-electron chi connectivity index (χ0n) is 16.3. The van der Waals surface area contributed by atoms with Crippen LogP contribution in [-0.4, -0.2) is 31.1 Å². The second-order valence-electron chi connectivity index (χ2n) is 7.42. The highest BCUT2D eigenvalue weighted by molar-refractivity contribution is 6.07. The number of carbonyl (C=O) groups is 1. The van der Waals surface area contributed by atoms with Gasteiger partial charge in [0, 0.05) is 53.7 Å². The smallest absolute Gasteiger partial charge is 0.257 e. The van der Waals surface area contributed by atoms with Gasteiger partial charge in [0.2, 0.25) is 0 Å². The summed E-state index contributed by atoms with van der Waals surface area (Å²) >= 11 is 0. The molecule has 0 saturated carbocycles. The number of benzene rings is 2. The standard InChI is InChI=1S/C24H21N3O2/c1-27(2)16-10-11-23-19(13-16)18-12-15(6-5-9-22(18)29-23)26-24(28)20-14-25-21-8-4-3-7-17(20)21/h3-14,22,25H,1-2H3,(H,26,28). The lowest BCUT2D eigenvalue weighted by Gasteiger charge is -2.13. The number of fused-ring (bicyclic) bond motifs is 4. The number of rotatable bonds is 3. The minimum absolute atomic E-state index is 0.140. The highest BCUT2D eigenvalue weighted by Crippen LogP contribution is 2.41. The molecule has 0 bridgehead atoms. The average Bonchev–Trinajstić information content (AvgIpc) is 3.23. The van der Waals surface area contributed by atoms with Crippen LogP contribution in [0.4, 0.5) is 5.69 Å². The van der Waals surface area contributed by atoms with Gasteiger partial charge in [-0.1, -0.05) is 24.3 Å². The van der Waals surface area contributed by atoms with Crippen LogP contribution in [0.1, 0.15) is 15.9 Å². The van der Waals surface area contributed by atoms with E-state index in [4.69, 9.17) is 4.74 Å². The van der Waals surface area contributed by atoms with Crippen molar-refractivity contribution in [2.45, 2.75) is 6.10 Å². The number of H-pyrrole nitrogens is 1. The lowest BCUT2D eigenvalue weighted by Crippen LogP contribution is -2.21. The minimum Gasteiger partial charge on any atom is -0.481 e. The largest absolute Gasteiger partial charge is 0.481 e. The topological polar surface area (TPSA) is 57.4 Å². The summed E-state index contributed by atoms with van der Waals surface area (Å²) in [5.41, 5.74) is 5.52. The van der Waals surface area contributed by atoms with Gasteiger partial charge in [-0.3, -0.25) is 4.79 Å². The van der Waals surface area contributed by atoms with E-state index in [9.17, 15) is 4.79 Å². The van der Waals surface area contributed by atoms with Crippen molar-refractivity contribution in [3.05, 3.63) is 89.8 Å². The molecule has 144 valence electrons. The van der Waals surface area contributed by atoms with Gasteiger partial charge in [-0.2, -0.15) is 0 Å².